The highest BCUT2D eigenvalue weighted by atomic mass is 32.2. The summed E-state index contributed by atoms with van der Waals surface area (Å²) in [7, 11) is 0. The number of aromatic nitrogens is 2. The Morgan fingerprint density at radius 2 is 2.09 bits per heavy atom. The van der Waals surface area contributed by atoms with Crippen LogP contribution in [0.5, 0.6) is 5.88 Å². The van der Waals surface area contributed by atoms with Crippen LogP contribution < -0.4 is 4.74 Å². The van der Waals surface area contributed by atoms with E-state index in [-0.39, 0.29) is 11.9 Å². The fourth-order valence-corrected chi connectivity index (χ4v) is 3.78. The van der Waals surface area contributed by atoms with Gasteiger partial charge < -0.3 is 14.7 Å². The van der Waals surface area contributed by atoms with E-state index in [4.69, 9.17) is 4.74 Å². The van der Waals surface area contributed by atoms with Gasteiger partial charge in [-0.3, -0.25) is 4.79 Å². The normalized spacial score (nSPS) is 24.5. The van der Waals surface area contributed by atoms with Gasteiger partial charge in [-0.15, -0.1) is 0 Å². The number of hydrogen-bond acceptors (Lipinski definition) is 6. The van der Waals surface area contributed by atoms with E-state index in [2.05, 4.69) is 9.97 Å². The molecule has 1 saturated carbocycles. The van der Waals surface area contributed by atoms with Crippen LogP contribution in [0.3, 0.4) is 0 Å². The molecule has 3 rings (SSSR count). The largest absolute Gasteiger partial charge is 0.477 e. The van der Waals surface area contributed by atoms with Crippen LogP contribution in [0.25, 0.3) is 0 Å². The van der Waals surface area contributed by atoms with Gasteiger partial charge in [0.05, 0.1) is 31.0 Å². The number of nitrogens with zero attached hydrogens (tertiary/aromatic N) is 3. The smallest absolute Gasteiger partial charge is 0.261 e. The molecule has 1 aromatic heterocycles. The molecule has 0 spiro atoms. The van der Waals surface area contributed by atoms with E-state index in [0.717, 1.165) is 32.1 Å². The van der Waals surface area contributed by atoms with Crippen molar-refractivity contribution in [2.75, 3.05) is 12.9 Å². The number of fused-ring (bicyclic) bond motifs is 1. The molecule has 7 heteroatoms. The molecule has 2 unspecified atom stereocenters. The van der Waals surface area contributed by atoms with Crippen LogP contribution in [0.2, 0.25) is 0 Å². The van der Waals surface area contributed by atoms with Crippen molar-refractivity contribution in [2.45, 2.75) is 62.9 Å². The number of hydrogen-bond donors (Lipinski definition) is 1. The highest BCUT2D eigenvalue weighted by Crippen LogP contribution is 2.34. The zero-order valence-electron chi connectivity index (χ0n) is 13.6. The third-order valence-electron chi connectivity index (χ3n) is 4.53. The van der Waals surface area contributed by atoms with Gasteiger partial charge in [0, 0.05) is 0 Å². The van der Waals surface area contributed by atoms with Crippen molar-refractivity contribution in [3.05, 3.63) is 11.3 Å². The molecule has 1 amide bonds. The molecule has 1 aliphatic heterocycles. The first kappa shape index (κ1) is 16.5. The Hall–Kier alpha value is -1.34. The van der Waals surface area contributed by atoms with Crippen molar-refractivity contribution in [3.8, 4) is 5.88 Å². The summed E-state index contributed by atoms with van der Waals surface area (Å²) in [6.07, 6.45) is 6.22. The minimum Gasteiger partial charge on any atom is -0.477 e. The summed E-state index contributed by atoms with van der Waals surface area (Å²) in [5, 5.41) is 11.0. The predicted octanol–water partition coefficient (Wildman–Crippen LogP) is 2.25. The molecule has 23 heavy (non-hydrogen) atoms. The average Bonchev–Trinajstić information content (AvgIpc) is 2.72. The molecule has 1 N–H and O–H groups in total. The summed E-state index contributed by atoms with van der Waals surface area (Å²) in [5.74, 6) is 0.263. The molecule has 1 aliphatic carbocycles. The van der Waals surface area contributed by atoms with Gasteiger partial charge in [-0.2, -0.15) is 4.98 Å². The van der Waals surface area contributed by atoms with Gasteiger partial charge in [-0.1, -0.05) is 31.0 Å². The fourth-order valence-electron chi connectivity index (χ4n) is 3.40. The monoisotopic (exact) mass is 337 g/mol. The summed E-state index contributed by atoms with van der Waals surface area (Å²) < 4.78 is 5.57. The SMILES string of the molecule is CCOc1nc(SC)nc2c1C(=O)N(C1CCCCCC1O)C2. The lowest BCUT2D eigenvalue weighted by molar-refractivity contribution is 0.0343. The molecule has 0 aromatic carbocycles. The molecule has 2 aliphatic rings. The molecule has 0 saturated heterocycles. The highest BCUT2D eigenvalue weighted by molar-refractivity contribution is 7.98. The Morgan fingerprint density at radius 1 is 1.30 bits per heavy atom. The first-order valence-corrected chi connectivity index (χ1v) is 9.45. The molecule has 1 fully saturated rings. The molecule has 1 aromatic rings. The van der Waals surface area contributed by atoms with Crippen molar-refractivity contribution in [2.24, 2.45) is 0 Å². The lowest BCUT2D eigenvalue weighted by atomic mass is 10.0. The van der Waals surface area contributed by atoms with E-state index in [1.165, 1.54) is 11.8 Å². The minimum atomic E-state index is -0.459. The molecule has 0 radical (unpaired) electrons. The lowest BCUT2D eigenvalue weighted by Crippen LogP contribution is -2.43. The van der Waals surface area contributed by atoms with Crippen LogP contribution >= 0.6 is 11.8 Å². The molecule has 6 nitrogen and oxygen atoms in total. The lowest BCUT2D eigenvalue weighted by Gasteiger charge is -2.30. The quantitative estimate of drug-likeness (QED) is 0.516. The summed E-state index contributed by atoms with van der Waals surface area (Å²) in [6, 6.07) is -0.133. The highest BCUT2D eigenvalue weighted by Gasteiger charge is 2.40. The Morgan fingerprint density at radius 3 is 2.83 bits per heavy atom. The number of amides is 1. The van der Waals surface area contributed by atoms with Crippen molar-refractivity contribution in [1.82, 2.24) is 14.9 Å². The first-order valence-electron chi connectivity index (χ1n) is 8.22. The number of ether oxygens (including phenoxy) is 1. The molecule has 126 valence electrons. The van der Waals surface area contributed by atoms with Crippen LogP contribution in [0.15, 0.2) is 5.16 Å². The Labute approximate surface area is 140 Å². The summed E-state index contributed by atoms with van der Waals surface area (Å²) in [5.41, 5.74) is 1.19. The second-order valence-electron chi connectivity index (χ2n) is 5.98. The Kier molecular flexibility index (Phi) is 5.06. The van der Waals surface area contributed by atoms with E-state index in [9.17, 15) is 9.90 Å². The van der Waals surface area contributed by atoms with Gasteiger partial charge in [-0.05, 0) is 26.0 Å². The van der Waals surface area contributed by atoms with Crippen LogP contribution in [0.1, 0.15) is 55.1 Å². The van der Waals surface area contributed by atoms with Gasteiger partial charge in [0.15, 0.2) is 5.16 Å². The van der Waals surface area contributed by atoms with E-state index >= 15 is 0 Å². The Bertz CT molecular complexity index is 596. The third kappa shape index (κ3) is 3.17. The van der Waals surface area contributed by atoms with Gasteiger partial charge in [0.2, 0.25) is 5.88 Å². The predicted molar refractivity (Wildman–Crippen MR) is 87.7 cm³/mol. The van der Waals surface area contributed by atoms with Crippen molar-refractivity contribution >= 4 is 17.7 Å². The first-order chi connectivity index (χ1) is 11.2. The van der Waals surface area contributed by atoms with E-state index < -0.39 is 6.10 Å². The zero-order valence-corrected chi connectivity index (χ0v) is 14.4. The molecular weight excluding hydrogens is 314 g/mol. The topological polar surface area (TPSA) is 75.6 Å². The number of rotatable bonds is 4. The molecule has 2 atom stereocenters. The second-order valence-corrected chi connectivity index (χ2v) is 6.75. The number of aliphatic hydroxyl groups excluding tert-OH is 1. The van der Waals surface area contributed by atoms with Crippen molar-refractivity contribution < 1.29 is 14.6 Å². The zero-order chi connectivity index (χ0) is 16.4. The Balaban J connectivity index is 1.93. The van der Waals surface area contributed by atoms with Crippen LogP contribution in [-0.2, 0) is 6.54 Å². The molecule has 2 heterocycles. The van der Waals surface area contributed by atoms with Crippen LogP contribution in [-0.4, -0.2) is 50.9 Å². The maximum Gasteiger partial charge on any atom is 0.261 e. The van der Waals surface area contributed by atoms with Crippen molar-refractivity contribution in [3.63, 3.8) is 0 Å². The van der Waals surface area contributed by atoms with E-state index in [1.54, 1.807) is 4.90 Å². The van der Waals surface area contributed by atoms with E-state index in [0.29, 0.717) is 35.4 Å². The summed E-state index contributed by atoms with van der Waals surface area (Å²) >= 11 is 1.44. The molecular formula is C16H23N3O3S. The van der Waals surface area contributed by atoms with Gasteiger partial charge in [0.25, 0.3) is 5.91 Å². The maximum absolute atomic E-state index is 12.9. The number of carbonyl (C=O) groups excluding carboxylic acids is 1. The van der Waals surface area contributed by atoms with Gasteiger partial charge in [0.1, 0.15) is 5.56 Å². The number of thioether (sulfide) groups is 1. The minimum absolute atomic E-state index is 0.109. The van der Waals surface area contributed by atoms with Gasteiger partial charge >= 0.3 is 0 Å². The fraction of sp³-hybridized carbons (Fsp3) is 0.688. The second kappa shape index (κ2) is 7.05. The standard InChI is InChI=1S/C16H23N3O3S/c1-3-22-14-13-10(17-16(18-14)23-2)9-19(15(13)21)11-7-5-4-6-8-12(11)20/h11-12,20H,3-9H2,1-2H3. The van der Waals surface area contributed by atoms with Crippen molar-refractivity contribution in [1.29, 1.82) is 0 Å². The summed E-state index contributed by atoms with van der Waals surface area (Å²) in [4.78, 5) is 23.5. The third-order valence-corrected chi connectivity index (χ3v) is 5.08. The average molecular weight is 337 g/mol. The van der Waals surface area contributed by atoms with Crippen LogP contribution in [0.4, 0.5) is 0 Å². The number of aliphatic hydroxyl groups is 1. The van der Waals surface area contributed by atoms with E-state index in [1.807, 2.05) is 13.2 Å². The number of carbonyl (C=O) groups is 1. The van der Waals surface area contributed by atoms with Gasteiger partial charge in [-0.25, -0.2) is 4.98 Å². The summed E-state index contributed by atoms with van der Waals surface area (Å²) in [6.45, 7) is 2.77. The maximum atomic E-state index is 12.9. The van der Waals surface area contributed by atoms with Crippen LogP contribution in [0, 0.1) is 0 Å². The molecule has 0 bridgehead atoms.